The van der Waals surface area contributed by atoms with Gasteiger partial charge in [-0.15, -0.1) is 0 Å². The average molecular weight is 920 g/mol. The summed E-state index contributed by atoms with van der Waals surface area (Å²) in [6.45, 7) is 4.75. The molecule has 0 radical (unpaired) electrons. The van der Waals surface area contributed by atoms with E-state index >= 15 is 0 Å². The highest BCUT2D eigenvalue weighted by Crippen LogP contribution is 2.58. The minimum absolute atomic E-state index is 0.204. The largest absolute Gasteiger partial charge is 0.310 e. The summed E-state index contributed by atoms with van der Waals surface area (Å²) in [5.41, 5.74) is 22.8. The third-order valence-electron chi connectivity index (χ3n) is 15.7. The van der Waals surface area contributed by atoms with Crippen LogP contribution in [-0.2, 0) is 10.8 Å². The number of benzene rings is 10. The molecule has 0 bridgehead atoms. The number of hydrogen-bond donors (Lipinski definition) is 0. The predicted octanol–water partition coefficient (Wildman–Crippen LogP) is 17.6. The fraction of sp³-hybridized carbons (Fsp3) is 0.0580. The summed E-state index contributed by atoms with van der Waals surface area (Å²) in [6, 6.07) is 96.1. The summed E-state index contributed by atoms with van der Waals surface area (Å²) in [4.78, 5) is 2.54. The zero-order valence-corrected chi connectivity index (χ0v) is 40.2. The van der Waals surface area contributed by atoms with Gasteiger partial charge >= 0.3 is 0 Å². The van der Waals surface area contributed by atoms with E-state index in [2.05, 4.69) is 284 Å². The van der Waals surface area contributed by atoms with Crippen molar-refractivity contribution < 1.29 is 0 Å². The molecule has 0 saturated heterocycles. The van der Waals surface area contributed by atoms with E-state index in [0.717, 1.165) is 67.0 Å². The van der Waals surface area contributed by atoms with Gasteiger partial charge in [0, 0.05) is 44.3 Å². The molecule has 2 heterocycles. The zero-order chi connectivity index (χ0) is 48.0. The molecule has 0 atom stereocenters. The highest BCUT2D eigenvalue weighted by molar-refractivity contribution is 6.13. The molecule has 0 unspecified atom stereocenters. The number of nitrogens with zero attached hydrogens (tertiary/aromatic N) is 3. The van der Waals surface area contributed by atoms with Crippen molar-refractivity contribution in [2.75, 3.05) is 4.90 Å². The van der Waals surface area contributed by atoms with E-state index in [9.17, 15) is 0 Å². The molecule has 0 amide bonds. The molecule has 0 N–H and O–H groups in total. The molecule has 12 aromatic rings. The molecular weight excluding hydrogens is 871 g/mol. The lowest BCUT2D eigenvalue weighted by atomic mass is 9.67. The molecule has 0 saturated carbocycles. The highest BCUT2D eigenvalue weighted by Gasteiger charge is 2.46. The fourth-order valence-electron chi connectivity index (χ4n) is 12.5. The Kier molecular flexibility index (Phi) is 9.46. The summed E-state index contributed by atoms with van der Waals surface area (Å²) in [7, 11) is 0. The van der Waals surface area contributed by atoms with E-state index < -0.39 is 5.41 Å². The van der Waals surface area contributed by atoms with Crippen LogP contribution in [0.5, 0.6) is 0 Å². The van der Waals surface area contributed by atoms with Crippen molar-refractivity contribution in [3.05, 3.63) is 294 Å². The van der Waals surface area contributed by atoms with Gasteiger partial charge in [-0.25, -0.2) is 4.52 Å². The monoisotopic (exact) mass is 919 g/mol. The molecule has 2 aliphatic carbocycles. The standard InChI is InChI=1S/C69H49N3/c1-68(2)59-36-20-18-33-53(59)55-41-39-51(43-61(55)68)71(52-40-42-56-54-34-19-21-37-60(54)69(62(56)44-52,49-29-14-6-15-30-49)50-31-16-7-17-32-50)63-38-22-35-57-58(63)45-64(46-23-8-3-9-24-46)72-67(57)65(47-25-10-4-11-26-47)66(70-72)48-27-12-5-13-28-48/h3-45H,1-2H3. The summed E-state index contributed by atoms with van der Waals surface area (Å²) in [5.74, 6) is 0. The van der Waals surface area contributed by atoms with Crippen LogP contribution in [0.2, 0.25) is 0 Å². The van der Waals surface area contributed by atoms with Crippen LogP contribution in [0.3, 0.4) is 0 Å². The average Bonchev–Trinajstić information content (AvgIpc) is 4.07. The number of hydrogen-bond acceptors (Lipinski definition) is 2. The SMILES string of the molecule is CC1(C)c2ccccc2-c2ccc(N(c3ccc4c(c3)C(c3ccccc3)(c3ccccc3)c3ccccc3-4)c3cccc4c3cc(-c3ccccc3)n3nc(-c5ccccc5)c(-c5ccccc5)c43)cc21. The van der Waals surface area contributed by atoms with E-state index in [1.807, 2.05) is 0 Å². The summed E-state index contributed by atoms with van der Waals surface area (Å²) in [5, 5.41) is 7.84. The van der Waals surface area contributed by atoms with Gasteiger partial charge in [-0.05, 0) is 97.6 Å². The van der Waals surface area contributed by atoms with E-state index in [4.69, 9.17) is 5.10 Å². The first-order valence-corrected chi connectivity index (χ1v) is 25.0. The van der Waals surface area contributed by atoms with E-state index in [1.165, 1.54) is 55.6 Å². The Bertz CT molecular complexity index is 4000. The summed E-state index contributed by atoms with van der Waals surface area (Å²) in [6.07, 6.45) is 0. The van der Waals surface area contributed by atoms with Crippen LogP contribution in [0.15, 0.2) is 261 Å². The van der Waals surface area contributed by atoms with Crippen molar-refractivity contribution in [2.45, 2.75) is 24.7 Å². The molecule has 2 aromatic heterocycles. The van der Waals surface area contributed by atoms with Crippen molar-refractivity contribution in [1.29, 1.82) is 0 Å². The van der Waals surface area contributed by atoms with Gasteiger partial charge in [0.15, 0.2) is 0 Å². The van der Waals surface area contributed by atoms with Crippen LogP contribution < -0.4 is 4.90 Å². The van der Waals surface area contributed by atoms with Gasteiger partial charge < -0.3 is 4.90 Å². The Hall–Kier alpha value is -9.05. The molecule has 14 rings (SSSR count). The van der Waals surface area contributed by atoms with Gasteiger partial charge in [0.2, 0.25) is 0 Å². The first kappa shape index (κ1) is 41.9. The van der Waals surface area contributed by atoms with Gasteiger partial charge in [-0.2, -0.15) is 5.10 Å². The maximum Gasteiger partial charge on any atom is 0.101 e. The second-order valence-corrected chi connectivity index (χ2v) is 19.8. The van der Waals surface area contributed by atoms with Gasteiger partial charge in [0.1, 0.15) is 5.69 Å². The van der Waals surface area contributed by atoms with Gasteiger partial charge in [0.05, 0.1) is 22.3 Å². The zero-order valence-electron chi connectivity index (χ0n) is 40.2. The molecule has 0 fully saturated rings. The smallest absolute Gasteiger partial charge is 0.101 e. The van der Waals surface area contributed by atoms with Crippen molar-refractivity contribution >= 4 is 33.4 Å². The third kappa shape index (κ3) is 6.14. The van der Waals surface area contributed by atoms with Crippen LogP contribution in [0.1, 0.15) is 47.2 Å². The summed E-state index contributed by atoms with van der Waals surface area (Å²) >= 11 is 0. The van der Waals surface area contributed by atoms with Crippen molar-refractivity contribution in [1.82, 2.24) is 9.61 Å². The maximum absolute atomic E-state index is 5.59. The predicted molar refractivity (Wildman–Crippen MR) is 299 cm³/mol. The molecule has 0 spiro atoms. The Balaban J connectivity index is 1.10. The van der Waals surface area contributed by atoms with Gasteiger partial charge in [-0.3, -0.25) is 0 Å². The van der Waals surface area contributed by atoms with Crippen LogP contribution in [0.4, 0.5) is 17.1 Å². The molecule has 0 aliphatic heterocycles. The lowest BCUT2D eigenvalue weighted by Crippen LogP contribution is -2.28. The van der Waals surface area contributed by atoms with Crippen LogP contribution >= 0.6 is 0 Å². The Morgan fingerprint density at radius 2 is 0.861 bits per heavy atom. The second-order valence-electron chi connectivity index (χ2n) is 19.8. The minimum atomic E-state index is -0.570. The quantitative estimate of drug-likeness (QED) is 0.151. The topological polar surface area (TPSA) is 20.5 Å². The molecule has 3 heteroatoms. The number of fused-ring (bicyclic) bond motifs is 9. The van der Waals surface area contributed by atoms with E-state index in [0.29, 0.717) is 0 Å². The van der Waals surface area contributed by atoms with Crippen LogP contribution in [-0.4, -0.2) is 9.61 Å². The number of aromatic nitrogens is 2. The van der Waals surface area contributed by atoms with E-state index in [1.54, 1.807) is 0 Å². The molecule has 3 nitrogen and oxygen atoms in total. The number of anilines is 3. The van der Waals surface area contributed by atoms with Crippen molar-refractivity contribution in [3.63, 3.8) is 0 Å². The lowest BCUT2D eigenvalue weighted by Gasteiger charge is -2.35. The molecule has 2 aliphatic rings. The molecule has 340 valence electrons. The van der Waals surface area contributed by atoms with E-state index in [-0.39, 0.29) is 5.41 Å². The fourth-order valence-corrected chi connectivity index (χ4v) is 12.5. The number of pyridine rings is 1. The summed E-state index contributed by atoms with van der Waals surface area (Å²) < 4.78 is 2.20. The highest BCUT2D eigenvalue weighted by atomic mass is 15.2. The Labute approximate surface area is 420 Å². The first-order chi connectivity index (χ1) is 35.5. The minimum Gasteiger partial charge on any atom is -0.310 e. The lowest BCUT2D eigenvalue weighted by molar-refractivity contribution is 0.660. The Morgan fingerprint density at radius 1 is 0.375 bits per heavy atom. The van der Waals surface area contributed by atoms with Crippen molar-refractivity contribution in [2.24, 2.45) is 0 Å². The van der Waals surface area contributed by atoms with Gasteiger partial charge in [0.25, 0.3) is 0 Å². The molecule has 10 aromatic carbocycles. The van der Waals surface area contributed by atoms with Gasteiger partial charge in [-0.1, -0.05) is 238 Å². The van der Waals surface area contributed by atoms with Crippen molar-refractivity contribution in [3.8, 4) is 55.9 Å². The third-order valence-corrected chi connectivity index (χ3v) is 15.7. The first-order valence-electron chi connectivity index (χ1n) is 25.0. The molecule has 72 heavy (non-hydrogen) atoms. The second kappa shape index (κ2) is 16.3. The van der Waals surface area contributed by atoms with Crippen LogP contribution in [0.25, 0.3) is 72.2 Å². The normalized spacial score (nSPS) is 13.6. The van der Waals surface area contributed by atoms with Crippen LogP contribution in [0, 0.1) is 0 Å². The Morgan fingerprint density at radius 3 is 1.49 bits per heavy atom. The number of rotatable bonds is 8. The maximum atomic E-state index is 5.59. The molecular formula is C69H49N3.